The van der Waals surface area contributed by atoms with Crippen molar-refractivity contribution in [1.82, 2.24) is 0 Å². The summed E-state index contributed by atoms with van der Waals surface area (Å²) in [5, 5.41) is 11.5. The lowest BCUT2D eigenvalue weighted by atomic mass is 10.1. The molecule has 0 radical (unpaired) electrons. The van der Waals surface area contributed by atoms with Gasteiger partial charge in [-0.1, -0.05) is 24.3 Å². The summed E-state index contributed by atoms with van der Waals surface area (Å²) in [7, 11) is -3.80. The van der Waals surface area contributed by atoms with Gasteiger partial charge in [0, 0.05) is 4.47 Å². The number of sulfone groups is 1. The van der Waals surface area contributed by atoms with Crippen molar-refractivity contribution in [2.45, 2.75) is 37.0 Å². The minimum Gasteiger partial charge on any atom is -0.387 e. The van der Waals surface area contributed by atoms with Crippen LogP contribution in [0.25, 0.3) is 0 Å². The van der Waals surface area contributed by atoms with E-state index in [2.05, 4.69) is 21.2 Å². The summed E-state index contributed by atoms with van der Waals surface area (Å²) in [6.45, 7) is 4.16. The Bertz CT molecular complexity index is 1030. The molecular formula is C20H22BrNO7S. The van der Waals surface area contributed by atoms with E-state index in [-0.39, 0.29) is 21.7 Å². The quantitative estimate of drug-likeness (QED) is 0.443. The molecule has 0 aliphatic rings. The van der Waals surface area contributed by atoms with Crippen molar-refractivity contribution in [3.05, 3.63) is 58.1 Å². The first-order valence-corrected chi connectivity index (χ1v) is 11.3. The fourth-order valence-corrected chi connectivity index (χ4v) is 4.21. The predicted molar refractivity (Wildman–Crippen MR) is 113 cm³/mol. The van der Waals surface area contributed by atoms with Gasteiger partial charge in [0.25, 0.3) is 0 Å². The smallest absolute Gasteiger partial charge is 0.375 e. The summed E-state index contributed by atoms with van der Waals surface area (Å²) >= 11 is 3.23. The molecule has 0 saturated carbocycles. The van der Waals surface area contributed by atoms with Crippen molar-refractivity contribution in [3.8, 4) is 0 Å². The normalized spacial score (nSPS) is 11.8. The number of anilines is 1. The molecule has 0 heterocycles. The lowest BCUT2D eigenvalue weighted by Crippen LogP contribution is -2.24. The Morgan fingerprint density at radius 2 is 1.73 bits per heavy atom. The molecule has 0 saturated heterocycles. The Hall–Kier alpha value is -2.27. The number of hydrogen-bond acceptors (Lipinski definition) is 7. The van der Waals surface area contributed by atoms with Crippen LogP contribution < -0.4 is 5.32 Å². The minimum absolute atomic E-state index is 0.0303. The molecule has 0 spiro atoms. The standard InChI is InChI=1S/C20H22BrNO7S/c1-20(2,3)29-28-19(25)17-13(9-10-15(21)18(17)22-16(24)11-23)12-30(26,27)14-7-5-4-6-8-14/h4-10,23H,11-12H2,1-3H3,(H,22,24). The summed E-state index contributed by atoms with van der Waals surface area (Å²) in [6, 6.07) is 10.7. The van der Waals surface area contributed by atoms with Crippen molar-refractivity contribution in [3.63, 3.8) is 0 Å². The maximum Gasteiger partial charge on any atom is 0.375 e. The highest BCUT2D eigenvalue weighted by Gasteiger charge is 2.27. The first kappa shape index (κ1) is 24.0. The molecular weight excluding hydrogens is 478 g/mol. The molecule has 0 unspecified atom stereocenters. The van der Waals surface area contributed by atoms with Gasteiger partial charge in [-0.15, -0.1) is 0 Å². The van der Waals surface area contributed by atoms with Crippen molar-refractivity contribution in [2.24, 2.45) is 0 Å². The predicted octanol–water partition coefficient (Wildman–Crippen LogP) is 3.24. The van der Waals surface area contributed by atoms with Crippen molar-refractivity contribution in [2.75, 3.05) is 11.9 Å². The van der Waals surface area contributed by atoms with Crippen LogP contribution in [-0.4, -0.2) is 37.6 Å². The lowest BCUT2D eigenvalue weighted by molar-refractivity contribution is -0.301. The Labute approximate surface area is 183 Å². The van der Waals surface area contributed by atoms with Gasteiger partial charge in [0.1, 0.15) is 12.2 Å². The Balaban J connectivity index is 2.54. The maximum absolute atomic E-state index is 12.8. The number of aliphatic hydroxyl groups excluding tert-OH is 1. The number of benzene rings is 2. The van der Waals surface area contributed by atoms with Gasteiger partial charge < -0.3 is 10.4 Å². The van der Waals surface area contributed by atoms with Crippen LogP contribution >= 0.6 is 15.9 Å². The molecule has 162 valence electrons. The molecule has 0 aliphatic heterocycles. The van der Waals surface area contributed by atoms with Gasteiger partial charge in [-0.3, -0.25) is 9.68 Å². The third kappa shape index (κ3) is 6.36. The van der Waals surface area contributed by atoms with Crippen molar-refractivity contribution in [1.29, 1.82) is 0 Å². The second-order valence-electron chi connectivity index (χ2n) is 7.30. The zero-order valence-corrected chi connectivity index (χ0v) is 19.0. The van der Waals surface area contributed by atoms with Crippen LogP contribution in [-0.2, 0) is 30.2 Å². The number of carbonyl (C=O) groups is 2. The number of carbonyl (C=O) groups excluding carboxylic acids is 2. The van der Waals surface area contributed by atoms with Gasteiger partial charge >= 0.3 is 5.97 Å². The molecule has 1 amide bonds. The third-order valence-electron chi connectivity index (χ3n) is 3.67. The van der Waals surface area contributed by atoms with Gasteiger partial charge in [0.2, 0.25) is 5.91 Å². The summed E-state index contributed by atoms with van der Waals surface area (Å²) in [4.78, 5) is 34.6. The number of aliphatic hydroxyl groups is 1. The fourth-order valence-electron chi connectivity index (χ4n) is 2.40. The fraction of sp³-hybridized carbons (Fsp3) is 0.300. The van der Waals surface area contributed by atoms with E-state index in [4.69, 9.17) is 14.9 Å². The highest BCUT2D eigenvalue weighted by Crippen LogP contribution is 2.32. The zero-order valence-electron chi connectivity index (χ0n) is 16.6. The van der Waals surface area contributed by atoms with Crippen LogP contribution in [0.15, 0.2) is 51.8 Å². The molecule has 0 atom stereocenters. The monoisotopic (exact) mass is 499 g/mol. The van der Waals surface area contributed by atoms with Crippen LogP contribution in [0, 0.1) is 0 Å². The SMILES string of the molecule is CC(C)(C)OOC(=O)c1c(CS(=O)(=O)c2ccccc2)ccc(Br)c1NC(=O)CO. The highest BCUT2D eigenvalue weighted by atomic mass is 79.9. The van der Waals surface area contributed by atoms with Crippen LogP contribution in [0.2, 0.25) is 0 Å². The average molecular weight is 500 g/mol. The first-order valence-electron chi connectivity index (χ1n) is 8.84. The van der Waals surface area contributed by atoms with E-state index in [1.54, 1.807) is 39.0 Å². The van der Waals surface area contributed by atoms with Crippen molar-refractivity contribution >= 4 is 43.3 Å². The molecule has 8 nitrogen and oxygen atoms in total. The Morgan fingerprint density at radius 1 is 1.10 bits per heavy atom. The zero-order chi connectivity index (χ0) is 22.5. The molecule has 0 bridgehead atoms. The second-order valence-corrected chi connectivity index (χ2v) is 10.1. The number of rotatable bonds is 7. The number of halogens is 1. The van der Waals surface area contributed by atoms with E-state index in [9.17, 15) is 18.0 Å². The topological polar surface area (TPSA) is 119 Å². The molecule has 30 heavy (non-hydrogen) atoms. The molecule has 0 fully saturated rings. The van der Waals surface area contributed by atoms with E-state index in [1.165, 1.54) is 24.3 Å². The molecule has 2 N–H and O–H groups in total. The van der Waals surface area contributed by atoms with Crippen LogP contribution in [0.1, 0.15) is 36.7 Å². The Morgan fingerprint density at radius 3 is 2.30 bits per heavy atom. The molecule has 2 aromatic rings. The highest BCUT2D eigenvalue weighted by molar-refractivity contribution is 9.10. The summed E-state index contributed by atoms with van der Waals surface area (Å²) in [6.07, 6.45) is 0. The van der Waals surface area contributed by atoms with Crippen LogP contribution in [0.3, 0.4) is 0 Å². The van der Waals surface area contributed by atoms with E-state index in [1.807, 2.05) is 0 Å². The van der Waals surface area contributed by atoms with Crippen LogP contribution in [0.5, 0.6) is 0 Å². The largest absolute Gasteiger partial charge is 0.387 e. The first-order chi connectivity index (χ1) is 13.9. The summed E-state index contributed by atoms with van der Waals surface area (Å²) < 4.78 is 26.0. The van der Waals surface area contributed by atoms with E-state index >= 15 is 0 Å². The Kier molecular flexibility index (Phi) is 7.75. The van der Waals surface area contributed by atoms with Gasteiger partial charge in [0.05, 0.1) is 21.9 Å². The molecule has 0 aliphatic carbocycles. The van der Waals surface area contributed by atoms with E-state index in [0.717, 1.165) is 0 Å². The van der Waals surface area contributed by atoms with E-state index < -0.39 is 39.7 Å². The lowest BCUT2D eigenvalue weighted by Gasteiger charge is -2.19. The number of hydrogen-bond donors (Lipinski definition) is 2. The molecule has 10 heteroatoms. The summed E-state index contributed by atoms with van der Waals surface area (Å²) in [5.41, 5.74) is -0.947. The van der Waals surface area contributed by atoms with E-state index in [0.29, 0.717) is 4.47 Å². The van der Waals surface area contributed by atoms with Gasteiger partial charge in [-0.25, -0.2) is 13.2 Å². The van der Waals surface area contributed by atoms with Gasteiger partial charge in [-0.05, 0) is 60.5 Å². The molecule has 2 rings (SSSR count). The molecule has 0 aromatic heterocycles. The van der Waals surface area contributed by atoms with Gasteiger partial charge in [0.15, 0.2) is 9.84 Å². The van der Waals surface area contributed by atoms with Gasteiger partial charge in [-0.2, -0.15) is 4.89 Å². The summed E-state index contributed by atoms with van der Waals surface area (Å²) in [5.74, 6) is -2.30. The minimum atomic E-state index is -3.80. The third-order valence-corrected chi connectivity index (χ3v) is 6.01. The molecule has 2 aromatic carbocycles. The van der Waals surface area contributed by atoms with Crippen molar-refractivity contribution < 1.29 is 32.9 Å². The van der Waals surface area contributed by atoms with Crippen LogP contribution in [0.4, 0.5) is 5.69 Å². The average Bonchev–Trinajstić information content (AvgIpc) is 2.68. The number of amides is 1. The maximum atomic E-state index is 12.8. The number of nitrogens with one attached hydrogen (secondary N) is 1. The second kappa shape index (κ2) is 9.69.